The Labute approximate surface area is 160 Å². The van der Waals surface area contributed by atoms with E-state index in [1.165, 1.54) is 12.8 Å². The number of nitrogens with one attached hydrogen (secondary N) is 1. The number of fused-ring (bicyclic) bond motifs is 1. The van der Waals surface area contributed by atoms with Gasteiger partial charge in [-0.2, -0.15) is 0 Å². The lowest BCUT2D eigenvalue weighted by molar-refractivity contribution is -0.119. The first-order chi connectivity index (χ1) is 12.9. The van der Waals surface area contributed by atoms with Crippen LogP contribution in [0.4, 0.5) is 5.69 Å². The molecular weight excluding hydrogens is 360 g/mol. The Balaban J connectivity index is 1.54. The molecule has 2 aromatic rings. The Hall–Kier alpha value is -2.18. The average Bonchev–Trinajstić information content (AvgIpc) is 3.48. The number of carbonyl (C=O) groups is 1. The molecule has 1 heterocycles. The maximum Gasteiger partial charge on any atom is 0.240 e. The highest BCUT2D eigenvalue weighted by Crippen LogP contribution is 2.39. The van der Waals surface area contributed by atoms with Crippen molar-refractivity contribution >= 4 is 21.6 Å². The summed E-state index contributed by atoms with van der Waals surface area (Å²) in [4.78, 5) is 14.6. The van der Waals surface area contributed by atoms with Gasteiger partial charge in [0.15, 0.2) is 0 Å². The zero-order valence-corrected chi connectivity index (χ0v) is 16.2. The van der Waals surface area contributed by atoms with Crippen LogP contribution in [0, 0.1) is 5.92 Å². The first-order valence-electron chi connectivity index (χ1n) is 9.42. The van der Waals surface area contributed by atoms with Crippen molar-refractivity contribution in [2.45, 2.75) is 43.5 Å². The molecule has 1 aliphatic carbocycles. The second-order valence-corrected chi connectivity index (χ2v) is 9.35. The van der Waals surface area contributed by atoms with Gasteiger partial charge in [-0.25, -0.2) is 13.1 Å². The van der Waals surface area contributed by atoms with Gasteiger partial charge in [0.25, 0.3) is 0 Å². The van der Waals surface area contributed by atoms with Crippen LogP contribution in [0.3, 0.4) is 0 Å². The van der Waals surface area contributed by atoms with E-state index in [0.717, 1.165) is 23.4 Å². The molecule has 1 N–H and O–H groups in total. The highest BCUT2D eigenvalue weighted by atomic mass is 32.2. The Bertz CT molecular complexity index is 953. The predicted octanol–water partition coefficient (Wildman–Crippen LogP) is 3.42. The number of rotatable bonds is 6. The summed E-state index contributed by atoms with van der Waals surface area (Å²) in [6.45, 7) is 3.09. The minimum absolute atomic E-state index is 0.147. The second-order valence-electron chi connectivity index (χ2n) is 7.58. The van der Waals surface area contributed by atoms with Crippen LogP contribution in [0.1, 0.15) is 43.2 Å². The van der Waals surface area contributed by atoms with Crippen molar-refractivity contribution < 1.29 is 13.2 Å². The summed E-state index contributed by atoms with van der Waals surface area (Å²) in [7, 11) is -3.53. The number of hydrogen-bond acceptors (Lipinski definition) is 3. The maximum atomic E-state index is 12.5. The Kier molecular flexibility index (Phi) is 4.78. The number of nitrogens with zero attached hydrogens (tertiary/aromatic N) is 1. The molecule has 0 radical (unpaired) electrons. The summed E-state index contributed by atoms with van der Waals surface area (Å²) >= 11 is 0. The molecule has 4 rings (SSSR count). The van der Waals surface area contributed by atoms with E-state index < -0.39 is 10.0 Å². The summed E-state index contributed by atoms with van der Waals surface area (Å²) in [5.74, 6) is 0.973. The molecule has 5 nitrogen and oxygen atoms in total. The monoisotopic (exact) mass is 384 g/mol. The van der Waals surface area contributed by atoms with Crippen molar-refractivity contribution in [3.8, 4) is 0 Å². The van der Waals surface area contributed by atoms with E-state index in [0.29, 0.717) is 12.3 Å². The van der Waals surface area contributed by atoms with Crippen molar-refractivity contribution in [1.29, 1.82) is 0 Å². The van der Waals surface area contributed by atoms with Crippen LogP contribution in [0.5, 0.6) is 0 Å². The lowest BCUT2D eigenvalue weighted by Crippen LogP contribution is -2.37. The molecule has 1 unspecified atom stereocenters. The molecule has 2 aromatic carbocycles. The minimum Gasteiger partial charge on any atom is -0.312 e. The van der Waals surface area contributed by atoms with Crippen molar-refractivity contribution in [3.63, 3.8) is 0 Å². The van der Waals surface area contributed by atoms with E-state index in [1.807, 2.05) is 23.1 Å². The van der Waals surface area contributed by atoms with Crippen LogP contribution >= 0.6 is 0 Å². The van der Waals surface area contributed by atoms with E-state index in [-0.39, 0.29) is 23.3 Å². The third-order valence-electron chi connectivity index (χ3n) is 5.35. The van der Waals surface area contributed by atoms with E-state index in [4.69, 9.17) is 0 Å². The second kappa shape index (κ2) is 7.09. The largest absolute Gasteiger partial charge is 0.312 e. The third-order valence-corrected chi connectivity index (χ3v) is 6.77. The number of carbonyl (C=O) groups excluding carboxylic acids is 1. The van der Waals surface area contributed by atoms with Gasteiger partial charge < -0.3 is 4.90 Å². The van der Waals surface area contributed by atoms with Gasteiger partial charge in [0, 0.05) is 25.2 Å². The van der Waals surface area contributed by atoms with Crippen molar-refractivity contribution in [3.05, 3.63) is 59.7 Å². The fourth-order valence-electron chi connectivity index (χ4n) is 3.59. The number of anilines is 1. The zero-order chi connectivity index (χ0) is 19.0. The standard InChI is InChI=1S/C21H24N2O3S/c1-15-11-21(24)23(14-16-7-8-16)20-10-9-17(12-19(15)20)13-22-27(25,26)18-5-3-2-4-6-18/h2-6,9-10,12,15-16,22H,7-8,11,13-14H2,1H3. The van der Waals surface area contributed by atoms with Gasteiger partial charge in [-0.15, -0.1) is 0 Å². The first kappa shape index (κ1) is 18.2. The number of hydrogen-bond donors (Lipinski definition) is 1. The lowest BCUT2D eigenvalue weighted by atomic mass is 9.89. The van der Waals surface area contributed by atoms with Crippen LogP contribution in [-0.2, 0) is 21.4 Å². The molecule has 27 heavy (non-hydrogen) atoms. The highest BCUT2D eigenvalue weighted by Gasteiger charge is 2.33. The van der Waals surface area contributed by atoms with Gasteiger partial charge in [0.2, 0.25) is 15.9 Å². The normalized spacial score (nSPS) is 19.8. The number of benzene rings is 2. The molecule has 0 saturated heterocycles. The van der Waals surface area contributed by atoms with Gasteiger partial charge in [0.1, 0.15) is 0 Å². The molecule has 6 heteroatoms. The molecule has 1 saturated carbocycles. The molecule has 1 fully saturated rings. The predicted molar refractivity (Wildman–Crippen MR) is 105 cm³/mol. The summed E-state index contributed by atoms with van der Waals surface area (Å²) in [5.41, 5.74) is 3.02. The van der Waals surface area contributed by atoms with Crippen LogP contribution in [-0.4, -0.2) is 20.9 Å². The minimum atomic E-state index is -3.53. The summed E-state index contributed by atoms with van der Waals surface area (Å²) in [6, 6.07) is 14.3. The van der Waals surface area contributed by atoms with E-state index in [2.05, 4.69) is 11.6 Å². The van der Waals surface area contributed by atoms with Gasteiger partial charge in [-0.1, -0.05) is 37.3 Å². The number of sulfonamides is 1. The van der Waals surface area contributed by atoms with Crippen molar-refractivity contribution in [2.24, 2.45) is 5.92 Å². The number of amides is 1. The quantitative estimate of drug-likeness (QED) is 0.830. The molecule has 142 valence electrons. The van der Waals surface area contributed by atoms with Gasteiger partial charge in [-0.3, -0.25) is 4.79 Å². The Morgan fingerprint density at radius 1 is 1.11 bits per heavy atom. The van der Waals surface area contributed by atoms with Crippen molar-refractivity contribution in [2.75, 3.05) is 11.4 Å². The molecular formula is C21H24N2O3S. The molecule has 1 atom stereocenters. The lowest BCUT2D eigenvalue weighted by Gasteiger charge is -2.33. The van der Waals surface area contributed by atoms with Gasteiger partial charge in [0.05, 0.1) is 4.90 Å². The Morgan fingerprint density at radius 2 is 1.85 bits per heavy atom. The maximum absolute atomic E-state index is 12.5. The summed E-state index contributed by atoms with van der Waals surface area (Å²) in [5, 5.41) is 0. The fourth-order valence-corrected chi connectivity index (χ4v) is 4.63. The molecule has 2 aliphatic rings. The molecule has 0 bridgehead atoms. The van der Waals surface area contributed by atoms with E-state index >= 15 is 0 Å². The third kappa shape index (κ3) is 3.92. The Morgan fingerprint density at radius 3 is 2.56 bits per heavy atom. The van der Waals surface area contributed by atoms with Crippen LogP contribution in [0.2, 0.25) is 0 Å². The van der Waals surface area contributed by atoms with Crippen LogP contribution < -0.4 is 9.62 Å². The van der Waals surface area contributed by atoms with E-state index in [1.54, 1.807) is 30.3 Å². The fraction of sp³-hybridized carbons (Fsp3) is 0.381. The average molecular weight is 385 g/mol. The highest BCUT2D eigenvalue weighted by molar-refractivity contribution is 7.89. The molecule has 1 aliphatic heterocycles. The van der Waals surface area contributed by atoms with Crippen LogP contribution in [0.25, 0.3) is 0 Å². The SMILES string of the molecule is CC1CC(=O)N(CC2CC2)c2ccc(CNS(=O)(=O)c3ccccc3)cc21. The zero-order valence-electron chi connectivity index (χ0n) is 15.4. The smallest absolute Gasteiger partial charge is 0.240 e. The summed E-state index contributed by atoms with van der Waals surface area (Å²) < 4.78 is 27.5. The molecule has 1 amide bonds. The van der Waals surface area contributed by atoms with Crippen LogP contribution in [0.15, 0.2) is 53.4 Å². The topological polar surface area (TPSA) is 66.5 Å². The summed E-state index contributed by atoms with van der Waals surface area (Å²) in [6.07, 6.45) is 2.92. The molecule has 0 aromatic heterocycles. The first-order valence-corrected chi connectivity index (χ1v) is 10.9. The van der Waals surface area contributed by atoms with Gasteiger partial charge >= 0.3 is 0 Å². The molecule has 0 spiro atoms. The van der Waals surface area contributed by atoms with Gasteiger partial charge in [-0.05, 0) is 54.0 Å². The van der Waals surface area contributed by atoms with E-state index in [9.17, 15) is 13.2 Å². The van der Waals surface area contributed by atoms with Crippen molar-refractivity contribution in [1.82, 2.24) is 4.72 Å².